The van der Waals surface area contributed by atoms with Gasteiger partial charge in [-0.2, -0.15) is 0 Å². The second-order valence-electron chi connectivity index (χ2n) is 3.66. The summed E-state index contributed by atoms with van der Waals surface area (Å²) < 4.78 is 10.1. The van der Waals surface area contributed by atoms with Crippen molar-refractivity contribution < 1.29 is 9.47 Å². The molecule has 0 spiro atoms. The van der Waals surface area contributed by atoms with E-state index in [0.29, 0.717) is 0 Å². The van der Waals surface area contributed by atoms with Crippen LogP contribution in [-0.4, -0.2) is 14.2 Å². The van der Waals surface area contributed by atoms with Crippen molar-refractivity contribution in [1.82, 2.24) is 0 Å². The fourth-order valence-corrected chi connectivity index (χ4v) is 0.884. The van der Waals surface area contributed by atoms with Crippen molar-refractivity contribution in [3.05, 3.63) is 47.0 Å². The summed E-state index contributed by atoms with van der Waals surface area (Å²) in [6, 6.07) is 0. The van der Waals surface area contributed by atoms with Crippen LogP contribution in [0.3, 0.4) is 0 Å². The summed E-state index contributed by atoms with van der Waals surface area (Å²) >= 11 is 0. The number of allylic oxidation sites excluding steroid dienone is 8. The molecular weight excluding hydrogens is 200 g/mol. The van der Waals surface area contributed by atoms with Crippen molar-refractivity contribution in [1.29, 1.82) is 0 Å². The van der Waals surface area contributed by atoms with Gasteiger partial charge in [0, 0.05) is 0 Å². The highest BCUT2D eigenvalue weighted by Crippen LogP contribution is 2.10. The van der Waals surface area contributed by atoms with E-state index in [-0.39, 0.29) is 0 Å². The van der Waals surface area contributed by atoms with E-state index in [1.165, 1.54) is 11.1 Å². The highest BCUT2D eigenvalue weighted by molar-refractivity contribution is 5.33. The molecule has 0 radical (unpaired) electrons. The van der Waals surface area contributed by atoms with Crippen LogP contribution < -0.4 is 0 Å². The van der Waals surface area contributed by atoms with Gasteiger partial charge in [-0.25, -0.2) is 0 Å². The van der Waals surface area contributed by atoms with Crippen molar-refractivity contribution in [2.24, 2.45) is 0 Å². The van der Waals surface area contributed by atoms with Crippen molar-refractivity contribution >= 4 is 0 Å². The van der Waals surface area contributed by atoms with Crippen LogP contribution in [0.25, 0.3) is 0 Å². The Labute approximate surface area is 99.0 Å². The van der Waals surface area contributed by atoms with E-state index in [1.54, 1.807) is 14.2 Å². The van der Waals surface area contributed by atoms with Gasteiger partial charge in [-0.1, -0.05) is 12.2 Å². The Balaban J connectivity index is 4.67. The zero-order valence-corrected chi connectivity index (χ0v) is 11.1. The van der Waals surface area contributed by atoms with Gasteiger partial charge >= 0.3 is 0 Å². The third kappa shape index (κ3) is 6.12. The predicted octanol–water partition coefficient (Wildman–Crippen LogP) is 3.98. The van der Waals surface area contributed by atoms with E-state index in [4.69, 9.17) is 9.47 Å². The number of methoxy groups -OCH3 is 2. The lowest BCUT2D eigenvalue weighted by molar-refractivity contribution is 0.293. The van der Waals surface area contributed by atoms with E-state index in [0.717, 1.165) is 11.5 Å². The summed E-state index contributed by atoms with van der Waals surface area (Å²) in [7, 11) is 3.34. The number of rotatable bonds is 5. The van der Waals surface area contributed by atoms with Crippen molar-refractivity contribution in [3.8, 4) is 0 Å². The third-order valence-electron chi connectivity index (χ3n) is 2.40. The van der Waals surface area contributed by atoms with E-state index >= 15 is 0 Å². The molecule has 0 aromatic heterocycles. The maximum atomic E-state index is 5.06. The average molecular weight is 222 g/mol. The lowest BCUT2D eigenvalue weighted by Gasteiger charge is -2.01. The Kier molecular flexibility index (Phi) is 7.10. The van der Waals surface area contributed by atoms with Crippen LogP contribution >= 0.6 is 0 Å². The second kappa shape index (κ2) is 7.80. The maximum absolute atomic E-state index is 5.06. The van der Waals surface area contributed by atoms with Crippen LogP contribution in [0.2, 0.25) is 0 Å². The molecule has 0 aliphatic carbocycles. The summed E-state index contributed by atoms with van der Waals surface area (Å²) in [4.78, 5) is 0. The minimum absolute atomic E-state index is 0.899. The highest BCUT2D eigenvalue weighted by Gasteiger charge is 1.91. The molecule has 0 heterocycles. The molecule has 0 amide bonds. The van der Waals surface area contributed by atoms with E-state index < -0.39 is 0 Å². The second-order valence-corrected chi connectivity index (χ2v) is 3.66. The minimum atomic E-state index is 0.899. The van der Waals surface area contributed by atoms with Crippen LogP contribution in [0.5, 0.6) is 0 Å². The molecule has 0 aliphatic heterocycles. The number of hydrogen-bond donors (Lipinski definition) is 0. The minimum Gasteiger partial charge on any atom is -0.501 e. The van der Waals surface area contributed by atoms with Gasteiger partial charge in [0.1, 0.15) is 0 Å². The molecule has 90 valence electrons. The van der Waals surface area contributed by atoms with Crippen LogP contribution in [0, 0.1) is 0 Å². The quantitative estimate of drug-likeness (QED) is 0.517. The summed E-state index contributed by atoms with van der Waals surface area (Å²) in [6.45, 7) is 8.00. The van der Waals surface area contributed by atoms with Crippen LogP contribution in [-0.2, 0) is 9.47 Å². The normalized spacial score (nSPS) is 15.1. The molecule has 16 heavy (non-hydrogen) atoms. The van der Waals surface area contributed by atoms with Gasteiger partial charge in [-0.05, 0) is 51.0 Å². The van der Waals surface area contributed by atoms with Crippen molar-refractivity contribution in [3.63, 3.8) is 0 Å². The lowest BCUT2D eigenvalue weighted by Crippen LogP contribution is -1.82. The first kappa shape index (κ1) is 14.6. The molecule has 0 bridgehead atoms. The monoisotopic (exact) mass is 222 g/mol. The summed E-state index contributed by atoms with van der Waals surface area (Å²) in [6.07, 6.45) is 8.00. The van der Waals surface area contributed by atoms with Gasteiger partial charge < -0.3 is 9.47 Å². The molecule has 0 fully saturated rings. The van der Waals surface area contributed by atoms with E-state index in [1.807, 2.05) is 38.2 Å². The SMILES string of the molecule is CO/C(C)=C/C=C(C)/C(C)=C/C=C(\C)OC. The van der Waals surface area contributed by atoms with Crippen LogP contribution in [0.1, 0.15) is 27.7 Å². The van der Waals surface area contributed by atoms with Gasteiger partial charge in [0.05, 0.1) is 25.7 Å². The Morgan fingerprint density at radius 3 is 1.19 bits per heavy atom. The summed E-state index contributed by atoms with van der Waals surface area (Å²) in [5, 5.41) is 0. The predicted molar refractivity (Wildman–Crippen MR) is 69.0 cm³/mol. The molecule has 2 heteroatoms. The first-order valence-corrected chi connectivity index (χ1v) is 5.30. The van der Waals surface area contributed by atoms with E-state index in [9.17, 15) is 0 Å². The average Bonchev–Trinajstić information content (AvgIpc) is 2.31. The molecule has 0 N–H and O–H groups in total. The Hall–Kier alpha value is -1.44. The Bertz CT molecular complexity index is 297. The number of hydrogen-bond acceptors (Lipinski definition) is 2. The summed E-state index contributed by atoms with van der Waals surface area (Å²) in [5.41, 5.74) is 2.41. The summed E-state index contributed by atoms with van der Waals surface area (Å²) in [5.74, 6) is 1.80. The van der Waals surface area contributed by atoms with Gasteiger partial charge in [-0.3, -0.25) is 0 Å². The molecule has 0 unspecified atom stereocenters. The topological polar surface area (TPSA) is 18.5 Å². The zero-order valence-electron chi connectivity index (χ0n) is 11.1. The Morgan fingerprint density at radius 1 is 0.625 bits per heavy atom. The van der Waals surface area contributed by atoms with Crippen LogP contribution in [0.15, 0.2) is 47.0 Å². The van der Waals surface area contributed by atoms with Crippen LogP contribution in [0.4, 0.5) is 0 Å². The zero-order chi connectivity index (χ0) is 12.6. The highest BCUT2D eigenvalue weighted by atomic mass is 16.5. The fourth-order valence-electron chi connectivity index (χ4n) is 0.884. The maximum Gasteiger partial charge on any atom is 0.0924 e. The lowest BCUT2D eigenvalue weighted by atomic mass is 10.1. The molecular formula is C14H22O2. The third-order valence-corrected chi connectivity index (χ3v) is 2.40. The van der Waals surface area contributed by atoms with Gasteiger partial charge in [0.15, 0.2) is 0 Å². The standard InChI is InChI=1S/C14H22O2/c1-11(7-9-13(3)15-5)12(2)8-10-14(4)16-6/h7-10H,1-6H3/b11-7+,12-8+,13-9+,14-10+. The van der Waals surface area contributed by atoms with Gasteiger partial charge in [0.2, 0.25) is 0 Å². The van der Waals surface area contributed by atoms with Crippen molar-refractivity contribution in [2.75, 3.05) is 14.2 Å². The van der Waals surface area contributed by atoms with Crippen molar-refractivity contribution in [2.45, 2.75) is 27.7 Å². The molecule has 0 aromatic carbocycles. The molecule has 2 nitrogen and oxygen atoms in total. The molecule has 0 aromatic rings. The first-order valence-electron chi connectivity index (χ1n) is 5.30. The molecule has 0 saturated carbocycles. The molecule has 0 rings (SSSR count). The Morgan fingerprint density at radius 2 is 0.938 bits per heavy atom. The van der Waals surface area contributed by atoms with Gasteiger partial charge in [0.25, 0.3) is 0 Å². The van der Waals surface area contributed by atoms with Gasteiger partial charge in [-0.15, -0.1) is 0 Å². The largest absolute Gasteiger partial charge is 0.501 e. The molecule has 0 saturated heterocycles. The first-order chi connectivity index (χ1) is 7.51. The molecule has 0 aliphatic rings. The number of ether oxygens (including phenoxy) is 2. The van der Waals surface area contributed by atoms with E-state index in [2.05, 4.69) is 13.8 Å². The fraction of sp³-hybridized carbons (Fsp3) is 0.429. The molecule has 0 atom stereocenters. The smallest absolute Gasteiger partial charge is 0.0924 e.